The molecule has 0 spiro atoms. The summed E-state index contributed by atoms with van der Waals surface area (Å²) in [5, 5.41) is 0. The van der Waals surface area contributed by atoms with Gasteiger partial charge in [-0.05, 0) is 37.1 Å². The van der Waals surface area contributed by atoms with Crippen LogP contribution in [0, 0.1) is 13.8 Å². The van der Waals surface area contributed by atoms with Gasteiger partial charge >= 0.3 is 0 Å². The van der Waals surface area contributed by atoms with E-state index in [2.05, 4.69) is 43.3 Å². The zero-order chi connectivity index (χ0) is 7.56. The molecule has 0 aliphatic heterocycles. The number of hydrogen-bond donors (Lipinski definition) is 2. The summed E-state index contributed by atoms with van der Waals surface area (Å²) in [5.74, 6) is 3.59. The lowest BCUT2D eigenvalue weighted by Crippen LogP contribution is -2.56. The van der Waals surface area contributed by atoms with Gasteiger partial charge in [-0.15, -0.1) is 0 Å². The second kappa shape index (κ2) is 2.71. The van der Waals surface area contributed by atoms with E-state index in [0.717, 1.165) is 5.69 Å². The highest BCUT2D eigenvalue weighted by Gasteiger charge is 1.92. The number of hydrogen-bond acceptors (Lipinski definition) is 1. The van der Waals surface area contributed by atoms with Gasteiger partial charge in [0.2, 0.25) is 0 Å². The minimum absolute atomic E-state index is 1.08. The van der Waals surface area contributed by atoms with E-state index < -0.39 is 0 Å². The van der Waals surface area contributed by atoms with Crippen LogP contribution in [0.15, 0.2) is 18.2 Å². The van der Waals surface area contributed by atoms with Crippen molar-refractivity contribution in [2.24, 2.45) is 0 Å². The maximum atomic E-state index is 3.59. The van der Waals surface area contributed by atoms with Crippen molar-refractivity contribution in [2.75, 3.05) is 5.43 Å². The molecule has 4 N–H and O–H groups in total. The third-order valence-corrected chi connectivity index (χ3v) is 1.43. The first kappa shape index (κ1) is 7.09. The average molecular weight is 137 g/mol. The summed E-state index contributed by atoms with van der Waals surface area (Å²) in [6.45, 7) is 4.15. The molecule has 1 aromatic rings. The summed E-state index contributed by atoms with van der Waals surface area (Å²) in [7, 11) is 0. The molecule has 0 unspecified atom stereocenters. The van der Waals surface area contributed by atoms with Crippen LogP contribution in [0.25, 0.3) is 0 Å². The summed E-state index contributed by atoms with van der Waals surface area (Å²) >= 11 is 0. The van der Waals surface area contributed by atoms with Crippen molar-refractivity contribution in [3.8, 4) is 0 Å². The van der Waals surface area contributed by atoms with Gasteiger partial charge in [-0.2, -0.15) is 0 Å². The van der Waals surface area contributed by atoms with Crippen molar-refractivity contribution >= 4 is 5.69 Å². The molecule has 0 radical (unpaired) electrons. The second-order valence-electron chi connectivity index (χ2n) is 2.55. The molecule has 2 nitrogen and oxygen atoms in total. The molecular formula is C8H13N2+. The highest BCUT2D eigenvalue weighted by atomic mass is 15.2. The molecule has 1 rings (SSSR count). The summed E-state index contributed by atoms with van der Waals surface area (Å²) in [4.78, 5) is 0. The molecule has 0 atom stereocenters. The highest BCUT2D eigenvalue weighted by molar-refractivity contribution is 5.45. The molecule has 0 amide bonds. The van der Waals surface area contributed by atoms with Gasteiger partial charge in [0.1, 0.15) is 0 Å². The molecule has 0 saturated carbocycles. The molecule has 0 bridgehead atoms. The summed E-state index contributed by atoms with van der Waals surface area (Å²) in [6, 6.07) is 6.28. The van der Waals surface area contributed by atoms with Crippen LogP contribution >= 0.6 is 0 Å². The maximum absolute atomic E-state index is 3.59. The lowest BCUT2D eigenvalue weighted by Gasteiger charge is -2.00. The van der Waals surface area contributed by atoms with Crippen LogP contribution in [0.2, 0.25) is 0 Å². The first-order chi connectivity index (χ1) is 4.72. The van der Waals surface area contributed by atoms with Gasteiger partial charge in [-0.3, -0.25) is 5.84 Å². The Bertz CT molecular complexity index is 210. The molecule has 1 aromatic carbocycles. The minimum atomic E-state index is 1.08. The zero-order valence-electron chi connectivity index (χ0n) is 6.44. The van der Waals surface area contributed by atoms with Crippen molar-refractivity contribution in [3.05, 3.63) is 29.3 Å². The van der Waals surface area contributed by atoms with E-state index in [-0.39, 0.29) is 0 Å². The van der Waals surface area contributed by atoms with Crippen LogP contribution in [-0.4, -0.2) is 0 Å². The van der Waals surface area contributed by atoms with E-state index in [0.29, 0.717) is 0 Å². The smallest absolute Gasteiger partial charge is 0.0852 e. The molecule has 0 heterocycles. The molecule has 54 valence electrons. The van der Waals surface area contributed by atoms with E-state index in [4.69, 9.17) is 0 Å². The van der Waals surface area contributed by atoms with Crippen LogP contribution in [-0.2, 0) is 0 Å². The molecule has 0 fully saturated rings. The Morgan fingerprint density at radius 1 is 1.10 bits per heavy atom. The summed E-state index contributed by atoms with van der Waals surface area (Å²) < 4.78 is 0. The normalized spacial score (nSPS) is 9.50. The molecule has 0 aromatic heterocycles. The number of anilines is 1. The van der Waals surface area contributed by atoms with Crippen LogP contribution in [0.3, 0.4) is 0 Å². The standard InChI is InChI=1S/C8H12N2/c1-6-3-7(2)5-8(4-6)10-9/h3-5,10H,9H2,1-2H3/p+1. The first-order valence-electron chi connectivity index (χ1n) is 3.34. The maximum Gasteiger partial charge on any atom is 0.0852 e. The molecular weight excluding hydrogens is 124 g/mol. The van der Waals surface area contributed by atoms with E-state index in [1.54, 1.807) is 0 Å². The van der Waals surface area contributed by atoms with Gasteiger partial charge in [0.25, 0.3) is 0 Å². The lowest BCUT2D eigenvalue weighted by molar-refractivity contribution is -0.325. The topological polar surface area (TPSA) is 39.7 Å². The third-order valence-electron chi connectivity index (χ3n) is 1.43. The Kier molecular flexibility index (Phi) is 1.92. The van der Waals surface area contributed by atoms with Gasteiger partial charge in [0.15, 0.2) is 0 Å². The number of quaternary nitrogens is 1. The minimum Gasteiger partial charge on any atom is -0.258 e. The van der Waals surface area contributed by atoms with Crippen molar-refractivity contribution in [3.63, 3.8) is 0 Å². The molecule has 0 saturated heterocycles. The quantitative estimate of drug-likeness (QED) is 0.554. The van der Waals surface area contributed by atoms with Gasteiger partial charge in [0, 0.05) is 0 Å². The van der Waals surface area contributed by atoms with E-state index in [9.17, 15) is 0 Å². The number of aryl methyl sites for hydroxylation is 2. The fraction of sp³-hybridized carbons (Fsp3) is 0.250. The molecule has 0 aliphatic carbocycles. The predicted molar refractivity (Wildman–Crippen MR) is 42.4 cm³/mol. The largest absolute Gasteiger partial charge is 0.258 e. The van der Waals surface area contributed by atoms with E-state index >= 15 is 0 Å². The van der Waals surface area contributed by atoms with Crippen LogP contribution in [0.4, 0.5) is 5.69 Å². The van der Waals surface area contributed by atoms with Crippen molar-refractivity contribution in [1.82, 2.24) is 0 Å². The molecule has 10 heavy (non-hydrogen) atoms. The predicted octanol–water partition coefficient (Wildman–Crippen LogP) is 0.872. The Balaban J connectivity index is 3.06. The third kappa shape index (κ3) is 1.48. The fourth-order valence-electron chi connectivity index (χ4n) is 1.08. The van der Waals surface area contributed by atoms with Gasteiger partial charge in [-0.25, -0.2) is 5.43 Å². The molecule has 0 aliphatic rings. The van der Waals surface area contributed by atoms with Crippen molar-refractivity contribution < 1.29 is 5.84 Å². The van der Waals surface area contributed by atoms with Crippen molar-refractivity contribution in [2.45, 2.75) is 13.8 Å². The lowest BCUT2D eigenvalue weighted by atomic mass is 10.1. The Morgan fingerprint density at radius 2 is 1.60 bits per heavy atom. The van der Waals surface area contributed by atoms with E-state index in [1.807, 2.05) is 0 Å². The highest BCUT2D eigenvalue weighted by Crippen LogP contribution is 2.11. The van der Waals surface area contributed by atoms with Crippen LogP contribution in [0.1, 0.15) is 11.1 Å². The van der Waals surface area contributed by atoms with Crippen LogP contribution in [0.5, 0.6) is 0 Å². The number of nitrogens with one attached hydrogen (secondary N) is 1. The Hall–Kier alpha value is -1.02. The zero-order valence-corrected chi connectivity index (χ0v) is 6.44. The Labute approximate surface area is 61.0 Å². The SMILES string of the molecule is Cc1cc(C)cc(N[NH3+])c1. The first-order valence-corrected chi connectivity index (χ1v) is 3.34. The van der Waals surface area contributed by atoms with Crippen LogP contribution < -0.4 is 11.3 Å². The van der Waals surface area contributed by atoms with E-state index in [1.165, 1.54) is 11.1 Å². The number of benzene rings is 1. The Morgan fingerprint density at radius 3 is 2.00 bits per heavy atom. The average Bonchev–Trinajstić information content (AvgIpc) is 1.85. The number of rotatable bonds is 1. The summed E-state index contributed by atoms with van der Waals surface area (Å²) in [5.41, 5.74) is 6.48. The fourth-order valence-corrected chi connectivity index (χ4v) is 1.08. The molecule has 2 heteroatoms. The van der Waals surface area contributed by atoms with Crippen molar-refractivity contribution in [1.29, 1.82) is 0 Å². The van der Waals surface area contributed by atoms with Gasteiger partial charge < -0.3 is 0 Å². The monoisotopic (exact) mass is 137 g/mol. The van der Waals surface area contributed by atoms with Gasteiger partial charge in [0.05, 0.1) is 5.69 Å². The summed E-state index contributed by atoms with van der Waals surface area (Å²) in [6.07, 6.45) is 0. The second-order valence-corrected chi connectivity index (χ2v) is 2.55. The van der Waals surface area contributed by atoms with Gasteiger partial charge in [-0.1, -0.05) is 6.07 Å².